The quantitative estimate of drug-likeness (QED) is 0.659. The van der Waals surface area contributed by atoms with Gasteiger partial charge in [0.2, 0.25) is 0 Å². The molecule has 0 spiro atoms. The van der Waals surface area contributed by atoms with Crippen LogP contribution in [0.2, 0.25) is 0 Å². The maximum Gasteiger partial charge on any atom is 0.258 e. The summed E-state index contributed by atoms with van der Waals surface area (Å²) in [6.07, 6.45) is 2.32. The molecule has 0 saturated carbocycles. The molecule has 1 fully saturated rings. The summed E-state index contributed by atoms with van der Waals surface area (Å²) in [5, 5.41) is 2.99. The first kappa shape index (κ1) is 20.9. The number of likely N-dealkylation sites (tertiary alicyclic amines) is 1. The zero-order valence-electron chi connectivity index (χ0n) is 17.0. The molecule has 1 amide bonds. The van der Waals surface area contributed by atoms with Gasteiger partial charge in [-0.25, -0.2) is 0 Å². The Kier molecular flexibility index (Phi) is 7.25. The van der Waals surface area contributed by atoms with Crippen LogP contribution in [0.3, 0.4) is 0 Å². The van der Waals surface area contributed by atoms with Gasteiger partial charge in [-0.3, -0.25) is 14.5 Å². The van der Waals surface area contributed by atoms with Gasteiger partial charge in [-0.1, -0.05) is 30.3 Å². The van der Waals surface area contributed by atoms with Crippen LogP contribution in [-0.2, 0) is 4.79 Å². The van der Waals surface area contributed by atoms with Crippen LogP contribution >= 0.6 is 0 Å². The van der Waals surface area contributed by atoms with Gasteiger partial charge in [0, 0.05) is 17.7 Å². The van der Waals surface area contributed by atoms with E-state index in [1.165, 1.54) is 6.92 Å². The van der Waals surface area contributed by atoms with Crippen molar-refractivity contribution in [2.45, 2.75) is 25.8 Å². The van der Waals surface area contributed by atoms with Gasteiger partial charge in [-0.2, -0.15) is 0 Å². The number of methoxy groups -OCH3 is 1. The number of carbonyl (C=O) groups is 2. The van der Waals surface area contributed by atoms with Gasteiger partial charge in [0.1, 0.15) is 11.5 Å². The number of para-hydroxylation sites is 1. The second kappa shape index (κ2) is 10.1. The molecule has 1 heterocycles. The normalized spacial score (nSPS) is 15.0. The van der Waals surface area contributed by atoms with Crippen molar-refractivity contribution in [3.05, 3.63) is 59.7 Å². The molecule has 154 valence electrons. The van der Waals surface area contributed by atoms with Crippen molar-refractivity contribution < 1.29 is 19.1 Å². The lowest BCUT2D eigenvalue weighted by atomic mass is 10.0. The fourth-order valence-electron chi connectivity index (χ4n) is 3.65. The number of nitrogens with zero attached hydrogens (tertiary/aromatic N) is 1. The number of Topliss-reactive ketones (excluding diaryl/α,β-unsaturated/α-hetero) is 1. The third kappa shape index (κ3) is 5.57. The number of carbonyl (C=O) groups excluding carboxylic acids is 2. The van der Waals surface area contributed by atoms with Crippen molar-refractivity contribution in [3.63, 3.8) is 0 Å². The average molecular weight is 396 g/mol. The minimum Gasteiger partial charge on any atom is -0.496 e. The van der Waals surface area contributed by atoms with Crippen LogP contribution in [0.1, 0.15) is 41.7 Å². The SMILES string of the molecule is COc1ccccc1C(CNC(=O)COc1cccc(C(C)=O)c1)N1CCCC1. The molecule has 1 aliphatic heterocycles. The van der Waals surface area contributed by atoms with Crippen molar-refractivity contribution >= 4 is 11.7 Å². The van der Waals surface area contributed by atoms with E-state index >= 15 is 0 Å². The second-order valence-electron chi connectivity index (χ2n) is 7.18. The highest BCUT2D eigenvalue weighted by Gasteiger charge is 2.26. The number of nitrogens with one attached hydrogen (secondary N) is 1. The fraction of sp³-hybridized carbons (Fsp3) is 0.391. The van der Waals surface area contributed by atoms with Gasteiger partial charge in [0.25, 0.3) is 5.91 Å². The third-order valence-corrected chi connectivity index (χ3v) is 5.18. The topological polar surface area (TPSA) is 67.9 Å². The second-order valence-corrected chi connectivity index (χ2v) is 7.18. The number of ether oxygens (including phenoxy) is 2. The van der Waals surface area contributed by atoms with Gasteiger partial charge >= 0.3 is 0 Å². The Labute approximate surface area is 171 Å². The number of hydrogen-bond donors (Lipinski definition) is 1. The minimum absolute atomic E-state index is 0.0369. The van der Waals surface area contributed by atoms with E-state index in [4.69, 9.17) is 9.47 Å². The van der Waals surface area contributed by atoms with Crippen molar-refractivity contribution in [2.75, 3.05) is 33.4 Å². The van der Waals surface area contributed by atoms with E-state index < -0.39 is 0 Å². The standard InChI is InChI=1S/C23H28N2O4/c1-17(26)18-8-7-9-19(14-18)29-16-23(27)24-15-21(25-12-5-6-13-25)20-10-3-4-11-22(20)28-2/h3-4,7-11,14,21H,5-6,12-13,15-16H2,1-2H3,(H,24,27). The first-order valence-electron chi connectivity index (χ1n) is 9.96. The molecular formula is C23H28N2O4. The van der Waals surface area contributed by atoms with Crippen LogP contribution in [-0.4, -0.2) is 49.9 Å². The molecule has 0 radical (unpaired) electrons. The lowest BCUT2D eigenvalue weighted by Gasteiger charge is -2.29. The molecule has 2 aromatic rings. The highest BCUT2D eigenvalue weighted by atomic mass is 16.5. The van der Waals surface area contributed by atoms with Gasteiger partial charge in [-0.05, 0) is 51.1 Å². The molecule has 1 saturated heterocycles. The third-order valence-electron chi connectivity index (χ3n) is 5.18. The van der Waals surface area contributed by atoms with E-state index in [1.54, 1.807) is 31.4 Å². The monoisotopic (exact) mass is 396 g/mol. The van der Waals surface area contributed by atoms with Crippen molar-refractivity contribution in [2.24, 2.45) is 0 Å². The average Bonchev–Trinajstić information content (AvgIpc) is 3.27. The van der Waals surface area contributed by atoms with E-state index in [9.17, 15) is 9.59 Å². The van der Waals surface area contributed by atoms with Gasteiger partial charge in [-0.15, -0.1) is 0 Å². The number of rotatable bonds is 9. The first-order valence-corrected chi connectivity index (χ1v) is 9.96. The van der Waals surface area contributed by atoms with Crippen molar-refractivity contribution in [1.82, 2.24) is 10.2 Å². The number of amides is 1. The molecule has 1 aliphatic rings. The summed E-state index contributed by atoms with van der Waals surface area (Å²) >= 11 is 0. The molecular weight excluding hydrogens is 368 g/mol. The Balaban J connectivity index is 1.61. The van der Waals surface area contributed by atoms with Crippen LogP contribution in [0, 0.1) is 0 Å². The molecule has 6 nitrogen and oxygen atoms in total. The number of ketones is 1. The summed E-state index contributed by atoms with van der Waals surface area (Å²) in [6.45, 7) is 3.90. The van der Waals surface area contributed by atoms with E-state index in [1.807, 2.05) is 18.2 Å². The van der Waals surface area contributed by atoms with E-state index in [2.05, 4.69) is 16.3 Å². The lowest BCUT2D eigenvalue weighted by Crippen LogP contribution is -2.38. The largest absolute Gasteiger partial charge is 0.496 e. The Bertz CT molecular complexity index is 846. The summed E-state index contributed by atoms with van der Waals surface area (Å²) in [5.74, 6) is 1.10. The van der Waals surface area contributed by atoms with Crippen molar-refractivity contribution in [1.29, 1.82) is 0 Å². The van der Waals surface area contributed by atoms with Crippen molar-refractivity contribution in [3.8, 4) is 11.5 Å². The smallest absolute Gasteiger partial charge is 0.258 e. The lowest BCUT2D eigenvalue weighted by molar-refractivity contribution is -0.123. The Morgan fingerprint density at radius 2 is 1.86 bits per heavy atom. The Hall–Kier alpha value is -2.86. The van der Waals surface area contributed by atoms with Crippen LogP contribution in [0.25, 0.3) is 0 Å². The van der Waals surface area contributed by atoms with E-state index in [0.29, 0.717) is 17.9 Å². The maximum absolute atomic E-state index is 12.4. The zero-order chi connectivity index (χ0) is 20.6. The maximum atomic E-state index is 12.4. The first-order chi connectivity index (χ1) is 14.1. The zero-order valence-corrected chi connectivity index (χ0v) is 17.0. The van der Waals surface area contributed by atoms with Crippen LogP contribution in [0.15, 0.2) is 48.5 Å². The summed E-state index contributed by atoms with van der Waals surface area (Å²) in [4.78, 5) is 26.2. The van der Waals surface area contributed by atoms with Crippen LogP contribution < -0.4 is 14.8 Å². The summed E-state index contributed by atoms with van der Waals surface area (Å²) in [5.41, 5.74) is 1.64. The highest BCUT2D eigenvalue weighted by molar-refractivity contribution is 5.94. The molecule has 0 aromatic heterocycles. The highest BCUT2D eigenvalue weighted by Crippen LogP contribution is 2.31. The molecule has 1 N–H and O–H groups in total. The number of hydrogen-bond acceptors (Lipinski definition) is 5. The summed E-state index contributed by atoms with van der Waals surface area (Å²) in [6, 6.07) is 14.9. The molecule has 0 aliphatic carbocycles. The van der Waals surface area contributed by atoms with Crippen LogP contribution in [0.4, 0.5) is 0 Å². The Morgan fingerprint density at radius 1 is 1.10 bits per heavy atom. The summed E-state index contributed by atoms with van der Waals surface area (Å²) < 4.78 is 11.1. The van der Waals surface area contributed by atoms with Crippen LogP contribution in [0.5, 0.6) is 11.5 Å². The molecule has 0 bridgehead atoms. The predicted molar refractivity (Wildman–Crippen MR) is 111 cm³/mol. The van der Waals surface area contributed by atoms with Gasteiger partial charge < -0.3 is 14.8 Å². The summed E-state index contributed by atoms with van der Waals surface area (Å²) in [7, 11) is 1.67. The fourth-order valence-corrected chi connectivity index (χ4v) is 3.65. The minimum atomic E-state index is -0.197. The molecule has 1 unspecified atom stereocenters. The Morgan fingerprint density at radius 3 is 2.59 bits per heavy atom. The molecule has 6 heteroatoms. The molecule has 3 rings (SSSR count). The molecule has 2 aromatic carbocycles. The van der Waals surface area contributed by atoms with E-state index in [-0.39, 0.29) is 24.3 Å². The van der Waals surface area contributed by atoms with Gasteiger partial charge in [0.05, 0.1) is 13.2 Å². The molecule has 29 heavy (non-hydrogen) atoms. The van der Waals surface area contributed by atoms with E-state index in [0.717, 1.165) is 37.2 Å². The predicted octanol–water partition coefficient (Wildman–Crippen LogP) is 3.23. The molecule has 1 atom stereocenters. The number of benzene rings is 2. The van der Waals surface area contributed by atoms with Gasteiger partial charge in [0.15, 0.2) is 12.4 Å².